The van der Waals surface area contributed by atoms with Crippen molar-refractivity contribution < 1.29 is 23.1 Å². The smallest absolute Gasteiger partial charge is 0.341 e. The molecule has 0 amide bonds. The Morgan fingerprint density at radius 1 is 1.32 bits per heavy atom. The van der Waals surface area contributed by atoms with E-state index in [0.29, 0.717) is 26.2 Å². The second-order valence-corrected chi connectivity index (χ2v) is 7.36. The van der Waals surface area contributed by atoms with Gasteiger partial charge in [-0.3, -0.25) is 4.79 Å². The van der Waals surface area contributed by atoms with E-state index in [0.717, 1.165) is 16.8 Å². The molecule has 3 heterocycles. The van der Waals surface area contributed by atoms with E-state index in [1.54, 1.807) is 0 Å². The third kappa shape index (κ3) is 3.59. The Kier molecular flexibility index (Phi) is 5.54. The van der Waals surface area contributed by atoms with Crippen molar-refractivity contribution in [3.05, 3.63) is 45.8 Å². The number of aromatic nitrogens is 2. The number of carboxylic acids is 1. The van der Waals surface area contributed by atoms with E-state index >= 15 is 4.39 Å². The van der Waals surface area contributed by atoms with Crippen molar-refractivity contribution in [2.24, 2.45) is 5.73 Å². The van der Waals surface area contributed by atoms with Gasteiger partial charge in [-0.2, -0.15) is 0 Å². The van der Waals surface area contributed by atoms with Gasteiger partial charge in [-0.25, -0.2) is 22.9 Å². The van der Waals surface area contributed by atoms with Crippen LogP contribution in [0.5, 0.6) is 0 Å². The Morgan fingerprint density at radius 2 is 2.06 bits per heavy atom. The lowest BCUT2D eigenvalue weighted by Crippen LogP contribution is -2.59. The van der Waals surface area contributed by atoms with Crippen LogP contribution in [-0.2, 0) is 6.54 Å². The molecule has 4 N–H and O–H groups in total. The molecule has 0 bridgehead atoms. The molecule has 0 radical (unpaired) electrons. The summed E-state index contributed by atoms with van der Waals surface area (Å²) in [5, 5.41) is 12.3. The van der Waals surface area contributed by atoms with E-state index in [-0.39, 0.29) is 40.2 Å². The van der Waals surface area contributed by atoms with Gasteiger partial charge in [-0.15, -0.1) is 0 Å². The van der Waals surface area contributed by atoms with Crippen molar-refractivity contribution in [3.63, 3.8) is 0 Å². The molecule has 1 aromatic carbocycles. The number of hydrogen-bond donors (Lipinski definition) is 3. The zero-order valence-electron chi connectivity index (χ0n) is 16.4. The number of aromatic carboxylic acids is 1. The standard InChI is InChI=1S/C20H20F3N5O3/c21-1-4-27-9-13(20(30)31)18(29)12-5-10-6-14(22)17(15(23)16(10)26-19(12)27)28-7-11(8-28)25-3-2-24/h5-6,9,11,25H,1-4,7-8,24H2,(H,30,31). The Labute approximate surface area is 174 Å². The van der Waals surface area contributed by atoms with E-state index in [4.69, 9.17) is 5.73 Å². The number of aryl methyl sites for hydroxylation is 1. The lowest BCUT2D eigenvalue weighted by Gasteiger charge is -2.41. The highest BCUT2D eigenvalue weighted by Crippen LogP contribution is 2.33. The van der Waals surface area contributed by atoms with E-state index in [9.17, 15) is 23.5 Å². The predicted octanol–water partition coefficient (Wildman–Crippen LogP) is 1.23. The fourth-order valence-electron chi connectivity index (χ4n) is 3.81. The van der Waals surface area contributed by atoms with Crippen molar-refractivity contribution in [2.45, 2.75) is 12.6 Å². The Hall–Kier alpha value is -3.18. The lowest BCUT2D eigenvalue weighted by molar-refractivity contribution is 0.0694. The van der Waals surface area contributed by atoms with E-state index < -0.39 is 35.3 Å². The maximum atomic E-state index is 15.3. The Bertz CT molecular complexity index is 1240. The van der Waals surface area contributed by atoms with E-state index in [1.165, 1.54) is 11.0 Å². The van der Waals surface area contributed by atoms with Gasteiger partial charge >= 0.3 is 5.97 Å². The molecule has 1 aliphatic heterocycles. The fourth-order valence-corrected chi connectivity index (χ4v) is 3.81. The van der Waals surface area contributed by atoms with Crippen LogP contribution in [0.2, 0.25) is 0 Å². The Balaban J connectivity index is 1.86. The van der Waals surface area contributed by atoms with E-state index in [2.05, 4.69) is 10.3 Å². The SMILES string of the molecule is NCCNC1CN(c2c(F)cc3cc4c(=O)c(C(=O)O)cn(CCF)c4nc3c2F)C1. The van der Waals surface area contributed by atoms with Crippen LogP contribution in [0.1, 0.15) is 10.4 Å². The van der Waals surface area contributed by atoms with Crippen LogP contribution in [0.4, 0.5) is 18.9 Å². The zero-order chi connectivity index (χ0) is 22.3. The molecule has 8 nitrogen and oxygen atoms in total. The number of rotatable bonds is 7. The quantitative estimate of drug-likeness (QED) is 0.479. The molecule has 1 aliphatic rings. The number of fused-ring (bicyclic) bond motifs is 2. The molecule has 3 aromatic rings. The molecular formula is C20H20F3N5O3. The average Bonchev–Trinajstić information content (AvgIpc) is 2.70. The number of pyridine rings is 2. The monoisotopic (exact) mass is 435 g/mol. The first kappa shape index (κ1) is 21.1. The molecule has 0 spiro atoms. The maximum Gasteiger partial charge on any atom is 0.341 e. The minimum absolute atomic E-state index is 0.0102. The zero-order valence-corrected chi connectivity index (χ0v) is 16.4. The fraction of sp³-hybridized carbons (Fsp3) is 0.350. The van der Waals surface area contributed by atoms with Crippen LogP contribution in [0.15, 0.2) is 23.1 Å². The molecule has 0 saturated carbocycles. The Morgan fingerprint density at radius 3 is 2.71 bits per heavy atom. The van der Waals surface area contributed by atoms with Crippen molar-refractivity contribution in [2.75, 3.05) is 37.8 Å². The van der Waals surface area contributed by atoms with Gasteiger partial charge in [-0.1, -0.05) is 0 Å². The summed E-state index contributed by atoms with van der Waals surface area (Å²) in [6.07, 6.45) is 0.983. The summed E-state index contributed by atoms with van der Waals surface area (Å²) in [6.45, 7) is 0.711. The van der Waals surface area contributed by atoms with Crippen molar-refractivity contribution in [1.29, 1.82) is 0 Å². The molecule has 0 atom stereocenters. The minimum atomic E-state index is -1.48. The van der Waals surface area contributed by atoms with Crippen LogP contribution in [0.25, 0.3) is 21.9 Å². The summed E-state index contributed by atoms with van der Waals surface area (Å²) in [7, 11) is 0. The highest BCUT2D eigenvalue weighted by Gasteiger charge is 2.31. The van der Waals surface area contributed by atoms with Crippen molar-refractivity contribution in [3.8, 4) is 0 Å². The van der Waals surface area contributed by atoms with Crippen LogP contribution in [0, 0.1) is 11.6 Å². The number of carboxylic acid groups (broad SMARTS) is 1. The first-order valence-corrected chi connectivity index (χ1v) is 9.69. The molecule has 11 heteroatoms. The highest BCUT2D eigenvalue weighted by atomic mass is 19.1. The van der Waals surface area contributed by atoms with Gasteiger partial charge in [0.25, 0.3) is 0 Å². The predicted molar refractivity (Wildman–Crippen MR) is 109 cm³/mol. The second kappa shape index (κ2) is 8.16. The lowest BCUT2D eigenvalue weighted by atomic mass is 10.0. The van der Waals surface area contributed by atoms with E-state index in [1.807, 2.05) is 0 Å². The van der Waals surface area contributed by atoms with Gasteiger partial charge in [0.05, 0.1) is 11.9 Å². The number of alkyl halides is 1. The number of halogens is 3. The van der Waals surface area contributed by atoms with Gasteiger partial charge in [0, 0.05) is 43.8 Å². The van der Waals surface area contributed by atoms with Crippen LogP contribution in [0.3, 0.4) is 0 Å². The summed E-state index contributed by atoms with van der Waals surface area (Å²) >= 11 is 0. The van der Waals surface area contributed by atoms with Gasteiger partial charge in [0.15, 0.2) is 5.82 Å². The first-order chi connectivity index (χ1) is 14.8. The number of hydrogen-bond acceptors (Lipinski definition) is 6. The van der Waals surface area contributed by atoms with Crippen LogP contribution < -0.4 is 21.4 Å². The van der Waals surface area contributed by atoms with Gasteiger partial charge in [0.2, 0.25) is 5.43 Å². The molecule has 0 aliphatic carbocycles. The summed E-state index contributed by atoms with van der Waals surface area (Å²) < 4.78 is 44.2. The highest BCUT2D eigenvalue weighted by molar-refractivity contribution is 5.97. The number of nitrogens with two attached hydrogens (primary N) is 1. The van der Waals surface area contributed by atoms with Crippen molar-refractivity contribution >= 4 is 33.6 Å². The maximum absolute atomic E-state index is 15.3. The number of nitrogens with one attached hydrogen (secondary N) is 1. The largest absolute Gasteiger partial charge is 0.477 e. The summed E-state index contributed by atoms with van der Waals surface area (Å²) in [6, 6.07) is 2.32. The van der Waals surface area contributed by atoms with Crippen LogP contribution in [-0.4, -0.2) is 59.5 Å². The first-order valence-electron chi connectivity index (χ1n) is 9.69. The third-order valence-corrected chi connectivity index (χ3v) is 5.33. The summed E-state index contributed by atoms with van der Waals surface area (Å²) in [5.41, 5.74) is 3.54. The number of anilines is 1. The molecule has 164 valence electrons. The number of carbonyl (C=O) groups is 1. The second-order valence-electron chi connectivity index (χ2n) is 7.36. The molecule has 1 fully saturated rings. The molecule has 1 saturated heterocycles. The van der Waals surface area contributed by atoms with Gasteiger partial charge in [0.1, 0.15) is 34.9 Å². The van der Waals surface area contributed by atoms with Gasteiger partial charge in [-0.05, 0) is 12.1 Å². The normalized spacial score (nSPS) is 14.4. The van der Waals surface area contributed by atoms with Gasteiger partial charge < -0.3 is 25.6 Å². The molecule has 2 aromatic heterocycles. The van der Waals surface area contributed by atoms with Crippen LogP contribution >= 0.6 is 0 Å². The average molecular weight is 435 g/mol. The minimum Gasteiger partial charge on any atom is -0.477 e. The number of benzene rings is 1. The summed E-state index contributed by atoms with van der Waals surface area (Å²) in [4.78, 5) is 29.6. The molecular weight excluding hydrogens is 415 g/mol. The van der Waals surface area contributed by atoms with Crippen molar-refractivity contribution in [1.82, 2.24) is 14.9 Å². The molecule has 0 unspecified atom stereocenters. The third-order valence-electron chi connectivity index (χ3n) is 5.33. The molecule has 4 rings (SSSR count). The topological polar surface area (TPSA) is 113 Å². The summed E-state index contributed by atoms with van der Waals surface area (Å²) in [5.74, 6) is -3.19. The number of nitrogens with zero attached hydrogens (tertiary/aromatic N) is 3. The molecule has 31 heavy (non-hydrogen) atoms.